The summed E-state index contributed by atoms with van der Waals surface area (Å²) in [6.45, 7) is 5.59. The average Bonchev–Trinajstić information content (AvgIpc) is 3.47. The first-order valence-corrected chi connectivity index (χ1v) is 11.0. The number of aromatic nitrogens is 5. The summed E-state index contributed by atoms with van der Waals surface area (Å²) in [5.41, 5.74) is 1.41. The molecular formula is C25H25N5O6. The van der Waals surface area contributed by atoms with E-state index in [9.17, 15) is 14.7 Å². The molecule has 36 heavy (non-hydrogen) atoms. The topological polar surface area (TPSA) is 131 Å². The molecule has 11 nitrogen and oxygen atoms in total. The van der Waals surface area contributed by atoms with Crippen molar-refractivity contribution in [3.8, 4) is 28.5 Å². The maximum atomic E-state index is 12.2. The molecule has 0 unspecified atom stereocenters. The van der Waals surface area contributed by atoms with Crippen LogP contribution < -0.4 is 9.47 Å². The second-order valence-corrected chi connectivity index (χ2v) is 8.83. The number of carboxylic acids is 1. The van der Waals surface area contributed by atoms with Crippen molar-refractivity contribution in [1.29, 1.82) is 0 Å². The summed E-state index contributed by atoms with van der Waals surface area (Å²) in [4.78, 5) is 23.9. The minimum Gasteiger partial charge on any atom is -0.497 e. The van der Waals surface area contributed by atoms with Crippen LogP contribution in [0.2, 0.25) is 0 Å². The SMILES string of the molecule is COc1ccc(Cn2nnc(C(=O)O)c2Oc2ccc(-c3cnn(C(=O)OC(C)(C)C)c3)cc2)cc1. The lowest BCUT2D eigenvalue weighted by Gasteiger charge is -2.18. The van der Waals surface area contributed by atoms with Crippen LogP contribution in [0.3, 0.4) is 0 Å². The molecule has 0 aliphatic carbocycles. The van der Waals surface area contributed by atoms with Crippen LogP contribution in [0.15, 0.2) is 60.9 Å². The highest BCUT2D eigenvalue weighted by molar-refractivity contribution is 5.87. The Morgan fingerprint density at radius 3 is 2.25 bits per heavy atom. The maximum Gasteiger partial charge on any atom is 0.435 e. The first-order valence-electron chi connectivity index (χ1n) is 11.0. The molecule has 0 fully saturated rings. The van der Waals surface area contributed by atoms with Crippen LogP contribution >= 0.6 is 0 Å². The fraction of sp³-hybridized carbons (Fsp3) is 0.240. The number of methoxy groups -OCH3 is 1. The third-order valence-electron chi connectivity index (χ3n) is 4.95. The number of carboxylic acid groups (broad SMARTS) is 1. The van der Waals surface area contributed by atoms with Gasteiger partial charge in [0.1, 0.15) is 17.1 Å². The molecule has 4 aromatic rings. The molecule has 2 heterocycles. The Bertz CT molecular complexity index is 1370. The largest absolute Gasteiger partial charge is 0.497 e. The van der Waals surface area contributed by atoms with Gasteiger partial charge in [0, 0.05) is 11.8 Å². The minimum absolute atomic E-state index is 0.00353. The van der Waals surface area contributed by atoms with E-state index < -0.39 is 17.7 Å². The van der Waals surface area contributed by atoms with Crippen LogP contribution in [0.25, 0.3) is 11.1 Å². The van der Waals surface area contributed by atoms with Crippen LogP contribution in [-0.2, 0) is 11.3 Å². The molecule has 0 bridgehead atoms. The van der Waals surface area contributed by atoms with Crippen molar-refractivity contribution in [2.75, 3.05) is 7.11 Å². The molecule has 0 radical (unpaired) electrons. The number of benzene rings is 2. The molecule has 0 saturated heterocycles. The van der Waals surface area contributed by atoms with Crippen molar-refractivity contribution in [3.63, 3.8) is 0 Å². The van der Waals surface area contributed by atoms with Gasteiger partial charge in [0.05, 0.1) is 19.9 Å². The van der Waals surface area contributed by atoms with Crippen molar-refractivity contribution >= 4 is 12.1 Å². The van der Waals surface area contributed by atoms with Crippen molar-refractivity contribution in [2.24, 2.45) is 0 Å². The third-order valence-corrected chi connectivity index (χ3v) is 4.95. The first-order chi connectivity index (χ1) is 17.1. The van der Waals surface area contributed by atoms with Gasteiger partial charge in [-0.1, -0.05) is 29.5 Å². The van der Waals surface area contributed by atoms with Crippen LogP contribution in [0.4, 0.5) is 4.79 Å². The number of carbonyl (C=O) groups excluding carboxylic acids is 1. The summed E-state index contributed by atoms with van der Waals surface area (Å²) in [6.07, 6.45) is 2.55. The molecule has 0 aliphatic heterocycles. The number of hydrogen-bond acceptors (Lipinski definition) is 8. The monoisotopic (exact) mass is 491 g/mol. The van der Waals surface area contributed by atoms with E-state index in [1.54, 1.807) is 76.7 Å². The second-order valence-electron chi connectivity index (χ2n) is 8.83. The normalized spacial score (nSPS) is 11.2. The number of carbonyl (C=O) groups is 2. The lowest BCUT2D eigenvalue weighted by molar-refractivity contribution is 0.0514. The molecular weight excluding hydrogens is 466 g/mol. The van der Waals surface area contributed by atoms with Crippen molar-refractivity contribution in [2.45, 2.75) is 32.9 Å². The molecule has 1 N–H and O–H groups in total. The molecule has 0 amide bonds. The van der Waals surface area contributed by atoms with Crippen LogP contribution in [0, 0.1) is 0 Å². The first kappa shape index (κ1) is 24.5. The van der Waals surface area contributed by atoms with Gasteiger partial charge in [-0.3, -0.25) is 0 Å². The lowest BCUT2D eigenvalue weighted by Crippen LogP contribution is -2.27. The third kappa shape index (κ3) is 5.69. The molecule has 2 aromatic heterocycles. The molecule has 186 valence electrons. The van der Waals surface area contributed by atoms with Crippen LogP contribution in [0.5, 0.6) is 17.4 Å². The van der Waals surface area contributed by atoms with E-state index in [2.05, 4.69) is 15.4 Å². The van der Waals surface area contributed by atoms with Gasteiger partial charge in [0.25, 0.3) is 5.88 Å². The Labute approximate surface area is 206 Å². The standard InChI is InChI=1S/C25H25N5O6/c1-25(2,3)36-24(33)30-15-18(13-26-30)17-7-11-20(12-8-17)35-22-21(23(31)32)27-28-29(22)14-16-5-9-19(34-4)10-6-16/h5-13,15H,14H2,1-4H3,(H,31,32). The number of aromatic carboxylic acids is 1. The Balaban J connectivity index is 1.52. The molecule has 0 spiro atoms. The van der Waals surface area contributed by atoms with Gasteiger partial charge in [-0.15, -0.1) is 5.10 Å². The summed E-state index contributed by atoms with van der Waals surface area (Å²) < 4.78 is 18.9. The fourth-order valence-electron chi connectivity index (χ4n) is 3.25. The maximum absolute atomic E-state index is 12.2. The van der Waals surface area contributed by atoms with E-state index in [1.165, 1.54) is 4.68 Å². The zero-order valence-electron chi connectivity index (χ0n) is 20.2. The van der Waals surface area contributed by atoms with Gasteiger partial charge in [0.2, 0.25) is 5.69 Å². The number of ether oxygens (including phenoxy) is 3. The summed E-state index contributed by atoms with van der Waals surface area (Å²) >= 11 is 0. The van der Waals surface area contributed by atoms with Crippen LogP contribution in [-0.4, -0.2) is 54.7 Å². The Kier molecular flexibility index (Phi) is 6.73. The molecule has 0 atom stereocenters. The smallest absolute Gasteiger partial charge is 0.435 e. The molecule has 4 rings (SSSR count). The van der Waals surface area contributed by atoms with Gasteiger partial charge in [-0.25, -0.2) is 14.3 Å². The van der Waals surface area contributed by atoms with Crippen molar-refractivity contribution in [1.82, 2.24) is 24.8 Å². The Hall–Kier alpha value is -4.67. The van der Waals surface area contributed by atoms with E-state index in [1.807, 2.05) is 12.1 Å². The zero-order valence-corrected chi connectivity index (χ0v) is 20.2. The number of nitrogens with zero attached hydrogens (tertiary/aromatic N) is 5. The number of rotatable bonds is 7. The summed E-state index contributed by atoms with van der Waals surface area (Å²) in [6, 6.07) is 14.2. The molecule has 0 aliphatic rings. The average molecular weight is 492 g/mol. The van der Waals surface area contributed by atoms with E-state index >= 15 is 0 Å². The molecule has 2 aromatic carbocycles. The summed E-state index contributed by atoms with van der Waals surface area (Å²) in [5, 5.41) is 21.3. The zero-order chi connectivity index (χ0) is 25.9. The van der Waals surface area contributed by atoms with Crippen molar-refractivity contribution < 1.29 is 28.9 Å². The predicted octanol–water partition coefficient (Wildman–Crippen LogP) is 4.47. The Morgan fingerprint density at radius 1 is 0.972 bits per heavy atom. The lowest BCUT2D eigenvalue weighted by atomic mass is 10.1. The minimum atomic E-state index is -1.25. The van der Waals surface area contributed by atoms with Gasteiger partial charge >= 0.3 is 12.1 Å². The second kappa shape index (κ2) is 9.90. The predicted molar refractivity (Wildman–Crippen MR) is 128 cm³/mol. The van der Waals surface area contributed by atoms with E-state index in [0.29, 0.717) is 17.1 Å². The molecule has 0 saturated carbocycles. The van der Waals surface area contributed by atoms with Crippen molar-refractivity contribution in [3.05, 3.63) is 72.2 Å². The highest BCUT2D eigenvalue weighted by atomic mass is 16.6. The van der Waals surface area contributed by atoms with E-state index in [-0.39, 0.29) is 18.1 Å². The molecule has 11 heteroatoms. The van der Waals surface area contributed by atoms with Gasteiger partial charge in [-0.05, 0) is 56.2 Å². The van der Waals surface area contributed by atoms with Crippen LogP contribution in [0.1, 0.15) is 36.8 Å². The Morgan fingerprint density at radius 2 is 1.64 bits per heavy atom. The van der Waals surface area contributed by atoms with E-state index in [4.69, 9.17) is 14.2 Å². The summed E-state index contributed by atoms with van der Waals surface area (Å²) in [7, 11) is 1.58. The van der Waals surface area contributed by atoms with Gasteiger partial charge in [-0.2, -0.15) is 9.78 Å². The quantitative estimate of drug-likeness (QED) is 0.398. The highest BCUT2D eigenvalue weighted by Gasteiger charge is 2.22. The fourth-order valence-corrected chi connectivity index (χ4v) is 3.25. The van der Waals surface area contributed by atoms with E-state index in [0.717, 1.165) is 15.8 Å². The highest BCUT2D eigenvalue weighted by Crippen LogP contribution is 2.28. The summed E-state index contributed by atoms with van der Waals surface area (Å²) in [5.74, 6) is -0.156. The number of hydrogen-bond donors (Lipinski definition) is 1. The van der Waals surface area contributed by atoms with Gasteiger partial charge in [0.15, 0.2) is 0 Å². The van der Waals surface area contributed by atoms with Gasteiger partial charge < -0.3 is 19.3 Å².